The van der Waals surface area contributed by atoms with Gasteiger partial charge in [0.05, 0.1) is 23.8 Å². The third-order valence-corrected chi connectivity index (χ3v) is 7.74. The van der Waals surface area contributed by atoms with Crippen molar-refractivity contribution in [1.29, 1.82) is 0 Å². The van der Waals surface area contributed by atoms with E-state index < -0.39 is 26.1 Å². The van der Waals surface area contributed by atoms with Gasteiger partial charge < -0.3 is 9.26 Å². The van der Waals surface area contributed by atoms with Gasteiger partial charge in [0.25, 0.3) is 0 Å². The Hall–Kier alpha value is -2.02. The highest BCUT2D eigenvalue weighted by Gasteiger charge is 2.42. The maximum atomic E-state index is 12.8. The summed E-state index contributed by atoms with van der Waals surface area (Å²) in [4.78, 5) is 4.21. The van der Waals surface area contributed by atoms with Gasteiger partial charge in [-0.05, 0) is 31.2 Å². The SMILES string of the molecule is CCOc1ccc(S(=O)(=O)N2CC(N(CCc3noc(C)n3)S(C)(=O)=O)C2)cc1. The molecule has 0 bridgehead atoms. The van der Waals surface area contributed by atoms with E-state index >= 15 is 0 Å². The Morgan fingerprint density at radius 2 is 1.86 bits per heavy atom. The van der Waals surface area contributed by atoms with E-state index in [1.807, 2.05) is 6.92 Å². The predicted molar refractivity (Wildman–Crippen MR) is 104 cm³/mol. The van der Waals surface area contributed by atoms with E-state index in [0.717, 1.165) is 6.26 Å². The van der Waals surface area contributed by atoms with Gasteiger partial charge in [-0.25, -0.2) is 16.8 Å². The fourth-order valence-corrected chi connectivity index (χ4v) is 5.70. The zero-order valence-corrected chi connectivity index (χ0v) is 18.1. The van der Waals surface area contributed by atoms with Crippen LogP contribution in [0.4, 0.5) is 0 Å². The highest BCUT2D eigenvalue weighted by atomic mass is 32.2. The zero-order valence-electron chi connectivity index (χ0n) is 16.5. The number of benzene rings is 1. The number of ether oxygens (including phenoxy) is 1. The summed E-state index contributed by atoms with van der Waals surface area (Å²) in [7, 11) is -7.22. The highest BCUT2D eigenvalue weighted by Crippen LogP contribution is 2.27. The Bertz CT molecular complexity index is 1040. The van der Waals surface area contributed by atoms with Crippen molar-refractivity contribution in [1.82, 2.24) is 18.8 Å². The average Bonchev–Trinajstić information content (AvgIpc) is 3.01. The molecule has 1 aliphatic heterocycles. The number of hydrogen-bond donors (Lipinski definition) is 0. The summed E-state index contributed by atoms with van der Waals surface area (Å²) < 4.78 is 62.7. The molecular weight excluding hydrogens is 420 g/mol. The molecule has 2 aromatic rings. The quantitative estimate of drug-likeness (QED) is 0.552. The normalized spacial score (nSPS) is 16.1. The van der Waals surface area contributed by atoms with Crippen molar-refractivity contribution in [2.75, 3.05) is 32.5 Å². The lowest BCUT2D eigenvalue weighted by Gasteiger charge is -2.43. The van der Waals surface area contributed by atoms with E-state index in [2.05, 4.69) is 10.1 Å². The molecule has 160 valence electrons. The van der Waals surface area contributed by atoms with E-state index in [-0.39, 0.29) is 31.0 Å². The van der Waals surface area contributed by atoms with Gasteiger partial charge in [0, 0.05) is 33.0 Å². The van der Waals surface area contributed by atoms with E-state index in [9.17, 15) is 16.8 Å². The molecule has 2 heterocycles. The minimum Gasteiger partial charge on any atom is -0.494 e. The largest absolute Gasteiger partial charge is 0.494 e. The molecule has 0 unspecified atom stereocenters. The van der Waals surface area contributed by atoms with Crippen LogP contribution in [0.1, 0.15) is 18.6 Å². The van der Waals surface area contributed by atoms with Crippen LogP contribution in [-0.4, -0.2) is 74.1 Å². The van der Waals surface area contributed by atoms with Crippen molar-refractivity contribution in [3.63, 3.8) is 0 Å². The van der Waals surface area contributed by atoms with Gasteiger partial charge in [0.1, 0.15) is 5.75 Å². The number of nitrogens with zero attached hydrogens (tertiary/aromatic N) is 4. The second-order valence-electron chi connectivity index (χ2n) is 6.73. The topological polar surface area (TPSA) is 123 Å². The summed E-state index contributed by atoms with van der Waals surface area (Å²) in [6.45, 7) is 4.32. The molecule has 0 amide bonds. The van der Waals surface area contributed by atoms with Crippen molar-refractivity contribution in [3.05, 3.63) is 36.0 Å². The van der Waals surface area contributed by atoms with Gasteiger partial charge in [0.15, 0.2) is 5.82 Å². The van der Waals surface area contributed by atoms with Crippen LogP contribution in [0.15, 0.2) is 33.7 Å². The maximum absolute atomic E-state index is 12.8. The van der Waals surface area contributed by atoms with Gasteiger partial charge in [-0.1, -0.05) is 5.16 Å². The average molecular weight is 445 g/mol. The number of aromatic nitrogens is 2. The first-order valence-corrected chi connectivity index (χ1v) is 12.4. The first-order chi connectivity index (χ1) is 13.6. The summed E-state index contributed by atoms with van der Waals surface area (Å²) in [6.07, 6.45) is 1.39. The summed E-state index contributed by atoms with van der Waals surface area (Å²) in [5, 5.41) is 3.76. The lowest BCUT2D eigenvalue weighted by atomic mass is 10.2. The molecule has 1 fully saturated rings. The molecule has 3 rings (SSSR count). The summed E-state index contributed by atoms with van der Waals surface area (Å²) in [5.74, 6) is 1.41. The second-order valence-corrected chi connectivity index (χ2v) is 10.6. The third kappa shape index (κ3) is 4.94. The van der Waals surface area contributed by atoms with Crippen molar-refractivity contribution in [2.45, 2.75) is 31.2 Å². The van der Waals surface area contributed by atoms with Crippen LogP contribution in [0.5, 0.6) is 5.75 Å². The van der Waals surface area contributed by atoms with Crippen LogP contribution in [-0.2, 0) is 26.5 Å². The maximum Gasteiger partial charge on any atom is 0.243 e. The smallest absolute Gasteiger partial charge is 0.243 e. The first-order valence-electron chi connectivity index (χ1n) is 9.10. The number of hydrogen-bond acceptors (Lipinski definition) is 8. The molecule has 0 atom stereocenters. The van der Waals surface area contributed by atoms with Crippen LogP contribution in [0.3, 0.4) is 0 Å². The van der Waals surface area contributed by atoms with Crippen LogP contribution in [0.2, 0.25) is 0 Å². The molecule has 0 aliphatic carbocycles. The molecule has 12 heteroatoms. The molecule has 0 radical (unpaired) electrons. The fraction of sp³-hybridized carbons (Fsp3) is 0.529. The van der Waals surface area contributed by atoms with Gasteiger partial charge in [0.2, 0.25) is 25.9 Å². The van der Waals surface area contributed by atoms with Crippen LogP contribution >= 0.6 is 0 Å². The molecular formula is C17H24N4O6S2. The lowest BCUT2D eigenvalue weighted by Crippen LogP contribution is -2.62. The highest BCUT2D eigenvalue weighted by molar-refractivity contribution is 7.89. The Kier molecular flexibility index (Phi) is 6.27. The Morgan fingerprint density at radius 3 is 2.38 bits per heavy atom. The Labute approximate surface area is 170 Å². The number of aryl methyl sites for hydroxylation is 1. The molecule has 1 saturated heterocycles. The third-order valence-electron chi connectivity index (χ3n) is 4.56. The second kappa shape index (κ2) is 8.38. The van der Waals surface area contributed by atoms with E-state index in [4.69, 9.17) is 9.26 Å². The van der Waals surface area contributed by atoms with Crippen LogP contribution in [0, 0.1) is 6.92 Å². The number of sulfonamides is 2. The Balaban J connectivity index is 1.65. The van der Waals surface area contributed by atoms with Gasteiger partial charge in [-0.2, -0.15) is 13.6 Å². The van der Waals surface area contributed by atoms with Crippen molar-refractivity contribution in [3.8, 4) is 5.75 Å². The van der Waals surface area contributed by atoms with Crippen molar-refractivity contribution < 1.29 is 26.1 Å². The van der Waals surface area contributed by atoms with Crippen LogP contribution < -0.4 is 4.74 Å². The van der Waals surface area contributed by atoms with Crippen LogP contribution in [0.25, 0.3) is 0 Å². The minimum absolute atomic E-state index is 0.0912. The molecule has 10 nitrogen and oxygen atoms in total. The zero-order chi connectivity index (χ0) is 21.2. The van der Waals surface area contributed by atoms with Gasteiger partial charge in [-0.3, -0.25) is 0 Å². The predicted octanol–water partition coefficient (Wildman–Crippen LogP) is 0.654. The van der Waals surface area contributed by atoms with Gasteiger partial charge >= 0.3 is 0 Å². The number of rotatable bonds is 9. The monoisotopic (exact) mass is 444 g/mol. The van der Waals surface area contributed by atoms with E-state index in [1.165, 1.54) is 20.7 Å². The Morgan fingerprint density at radius 1 is 1.21 bits per heavy atom. The minimum atomic E-state index is -3.69. The summed E-state index contributed by atoms with van der Waals surface area (Å²) >= 11 is 0. The molecule has 0 spiro atoms. The van der Waals surface area contributed by atoms with E-state index in [0.29, 0.717) is 24.1 Å². The van der Waals surface area contributed by atoms with Crippen molar-refractivity contribution in [2.24, 2.45) is 0 Å². The fourth-order valence-electron chi connectivity index (χ4n) is 3.09. The molecule has 29 heavy (non-hydrogen) atoms. The molecule has 0 N–H and O–H groups in total. The lowest BCUT2D eigenvalue weighted by molar-refractivity contribution is 0.155. The molecule has 1 aromatic carbocycles. The molecule has 1 aliphatic rings. The summed E-state index contributed by atoms with van der Waals surface area (Å²) in [6, 6.07) is 5.74. The molecule has 1 aromatic heterocycles. The summed E-state index contributed by atoms with van der Waals surface area (Å²) in [5.41, 5.74) is 0. The van der Waals surface area contributed by atoms with Crippen molar-refractivity contribution >= 4 is 20.0 Å². The van der Waals surface area contributed by atoms with Gasteiger partial charge in [-0.15, -0.1) is 0 Å². The standard InChI is InChI=1S/C17H24N4O6S2/c1-4-26-15-5-7-16(8-6-15)29(24,25)20-11-14(12-20)21(28(3,22)23)10-9-17-18-13(2)27-19-17/h5-8,14H,4,9-12H2,1-3H3. The first kappa shape index (κ1) is 21.7. The van der Waals surface area contributed by atoms with E-state index in [1.54, 1.807) is 19.1 Å². The molecule has 0 saturated carbocycles.